The number of esters is 2. The highest BCUT2D eigenvalue weighted by molar-refractivity contribution is 7.18. The summed E-state index contributed by atoms with van der Waals surface area (Å²) in [4.78, 5) is 37.2. The zero-order valence-corrected chi connectivity index (χ0v) is 16.9. The van der Waals surface area contributed by atoms with Gasteiger partial charge < -0.3 is 14.8 Å². The Hall–Kier alpha value is -2.39. The Labute approximate surface area is 165 Å². The third-order valence-corrected chi connectivity index (χ3v) is 5.12. The largest absolute Gasteiger partial charge is 0.465 e. The Balaban J connectivity index is 2.34. The van der Waals surface area contributed by atoms with Crippen LogP contribution in [0.2, 0.25) is 5.02 Å². The summed E-state index contributed by atoms with van der Waals surface area (Å²) in [6, 6.07) is -0.680. The van der Waals surface area contributed by atoms with E-state index in [1.165, 1.54) is 24.2 Å². The van der Waals surface area contributed by atoms with Gasteiger partial charge in [0.25, 0.3) is 0 Å². The zero-order chi connectivity index (χ0) is 20.1. The average molecular weight is 414 g/mol. The third kappa shape index (κ3) is 4.67. The number of amides is 1. The minimum atomic E-state index is -0.680. The monoisotopic (exact) mass is 413 g/mol. The molecule has 0 fully saturated rings. The molecule has 0 aliphatic rings. The van der Waals surface area contributed by atoms with E-state index in [2.05, 4.69) is 10.4 Å². The maximum Gasteiger partial charge on any atom is 0.348 e. The number of nitrogens with one attached hydrogen (secondary N) is 1. The number of methoxy groups -OCH3 is 1. The van der Waals surface area contributed by atoms with Gasteiger partial charge in [0.15, 0.2) is 0 Å². The van der Waals surface area contributed by atoms with E-state index in [-0.39, 0.29) is 22.0 Å². The van der Waals surface area contributed by atoms with Gasteiger partial charge in [0, 0.05) is 6.20 Å². The summed E-state index contributed by atoms with van der Waals surface area (Å²) < 4.78 is 11.3. The second-order valence-electron chi connectivity index (χ2n) is 5.69. The maximum atomic E-state index is 12.6. The fourth-order valence-corrected chi connectivity index (χ4v) is 3.52. The Morgan fingerprint density at radius 2 is 2.07 bits per heavy atom. The SMILES string of the molecule is CCCOC(=O)c1c(NC(=O)C(C)n2cc(Cl)cn2)sc(C(=O)OC)c1C. The Bertz CT molecular complexity index is 861. The van der Waals surface area contributed by atoms with E-state index < -0.39 is 23.9 Å². The highest BCUT2D eigenvalue weighted by Gasteiger charge is 2.28. The molecule has 146 valence electrons. The van der Waals surface area contributed by atoms with Crippen LogP contribution in [0.4, 0.5) is 5.00 Å². The number of nitrogens with zero attached hydrogens (tertiary/aromatic N) is 2. The van der Waals surface area contributed by atoms with Crippen LogP contribution in [0, 0.1) is 6.92 Å². The van der Waals surface area contributed by atoms with Crippen LogP contribution in [-0.2, 0) is 14.3 Å². The molecule has 0 spiro atoms. The molecule has 1 atom stereocenters. The lowest BCUT2D eigenvalue weighted by atomic mass is 10.1. The van der Waals surface area contributed by atoms with E-state index in [1.54, 1.807) is 13.8 Å². The van der Waals surface area contributed by atoms with E-state index in [1.807, 2.05) is 6.92 Å². The van der Waals surface area contributed by atoms with Crippen molar-refractivity contribution in [1.29, 1.82) is 0 Å². The van der Waals surface area contributed by atoms with Gasteiger partial charge in [-0.05, 0) is 25.8 Å². The lowest BCUT2D eigenvalue weighted by molar-refractivity contribution is -0.119. The Kier molecular flexibility index (Phi) is 6.98. The minimum Gasteiger partial charge on any atom is -0.465 e. The van der Waals surface area contributed by atoms with Crippen molar-refractivity contribution in [2.75, 3.05) is 19.0 Å². The summed E-state index contributed by atoms with van der Waals surface area (Å²) in [6.07, 6.45) is 3.59. The first-order valence-electron chi connectivity index (χ1n) is 8.19. The highest BCUT2D eigenvalue weighted by atomic mass is 35.5. The first-order valence-corrected chi connectivity index (χ1v) is 9.38. The summed E-state index contributed by atoms with van der Waals surface area (Å²) in [6.45, 7) is 5.34. The molecule has 0 aliphatic carbocycles. The van der Waals surface area contributed by atoms with Crippen LogP contribution in [0.25, 0.3) is 0 Å². The van der Waals surface area contributed by atoms with E-state index in [9.17, 15) is 14.4 Å². The molecular formula is C17H20ClN3O5S. The van der Waals surface area contributed by atoms with Gasteiger partial charge in [0.1, 0.15) is 15.9 Å². The van der Waals surface area contributed by atoms with Gasteiger partial charge in [0.2, 0.25) is 5.91 Å². The second-order valence-corrected chi connectivity index (χ2v) is 7.15. The predicted octanol–water partition coefficient (Wildman–Crippen LogP) is 3.46. The number of rotatable bonds is 7. The van der Waals surface area contributed by atoms with Crippen molar-refractivity contribution in [3.05, 3.63) is 33.4 Å². The number of aromatic nitrogens is 2. The Morgan fingerprint density at radius 1 is 1.37 bits per heavy atom. The van der Waals surface area contributed by atoms with Crippen molar-refractivity contribution in [2.24, 2.45) is 0 Å². The van der Waals surface area contributed by atoms with Crippen LogP contribution in [0.5, 0.6) is 0 Å². The molecule has 0 aliphatic heterocycles. The van der Waals surface area contributed by atoms with Gasteiger partial charge in [-0.25, -0.2) is 9.59 Å². The summed E-state index contributed by atoms with van der Waals surface area (Å²) >= 11 is 6.80. The number of hydrogen-bond donors (Lipinski definition) is 1. The molecule has 1 unspecified atom stereocenters. The number of anilines is 1. The van der Waals surface area contributed by atoms with Crippen LogP contribution < -0.4 is 5.32 Å². The highest BCUT2D eigenvalue weighted by Crippen LogP contribution is 2.34. The minimum absolute atomic E-state index is 0.146. The molecule has 2 heterocycles. The van der Waals surface area contributed by atoms with Gasteiger partial charge in [-0.1, -0.05) is 18.5 Å². The smallest absolute Gasteiger partial charge is 0.348 e. The summed E-state index contributed by atoms with van der Waals surface area (Å²) in [7, 11) is 1.25. The standard InChI is InChI=1S/C17H20ClN3O5S/c1-5-6-26-16(23)12-9(2)13(17(24)25-4)27-15(12)20-14(22)10(3)21-8-11(18)7-19-21/h7-8,10H,5-6H2,1-4H3,(H,20,22). The number of hydrogen-bond acceptors (Lipinski definition) is 7. The Morgan fingerprint density at radius 3 is 2.63 bits per heavy atom. The van der Waals surface area contributed by atoms with Crippen LogP contribution in [-0.4, -0.2) is 41.3 Å². The van der Waals surface area contributed by atoms with Gasteiger partial charge in [-0.2, -0.15) is 5.10 Å². The predicted molar refractivity (Wildman–Crippen MR) is 102 cm³/mol. The fraction of sp³-hybridized carbons (Fsp3) is 0.412. The molecule has 0 saturated carbocycles. The number of carbonyl (C=O) groups is 3. The molecule has 2 aromatic heterocycles. The number of thiophene rings is 1. The molecular weight excluding hydrogens is 394 g/mol. The van der Waals surface area contributed by atoms with Gasteiger partial charge in [0.05, 0.1) is 30.5 Å². The molecule has 0 radical (unpaired) electrons. The van der Waals surface area contributed by atoms with Crippen LogP contribution in [0.15, 0.2) is 12.4 Å². The van der Waals surface area contributed by atoms with Gasteiger partial charge >= 0.3 is 11.9 Å². The molecule has 2 rings (SSSR count). The summed E-state index contributed by atoms with van der Waals surface area (Å²) in [5.74, 6) is -1.61. The molecule has 0 aromatic carbocycles. The average Bonchev–Trinajstić information content (AvgIpc) is 3.21. The maximum absolute atomic E-state index is 12.6. The third-order valence-electron chi connectivity index (χ3n) is 3.74. The van der Waals surface area contributed by atoms with Crippen molar-refractivity contribution in [2.45, 2.75) is 33.2 Å². The summed E-state index contributed by atoms with van der Waals surface area (Å²) in [5.41, 5.74) is 0.547. The molecule has 1 N–H and O–H groups in total. The first kappa shape index (κ1) is 20.9. The number of halogens is 1. The molecule has 2 aromatic rings. The zero-order valence-electron chi connectivity index (χ0n) is 15.4. The molecule has 0 bridgehead atoms. The quantitative estimate of drug-likeness (QED) is 0.698. The lowest BCUT2D eigenvalue weighted by Crippen LogP contribution is -2.24. The second kappa shape index (κ2) is 9.01. The number of carbonyl (C=O) groups excluding carboxylic acids is 3. The van der Waals surface area contributed by atoms with E-state index >= 15 is 0 Å². The summed E-state index contributed by atoms with van der Waals surface area (Å²) in [5, 5.41) is 7.31. The number of ether oxygens (including phenoxy) is 2. The van der Waals surface area contributed by atoms with Crippen molar-refractivity contribution in [1.82, 2.24) is 9.78 Å². The lowest BCUT2D eigenvalue weighted by Gasteiger charge is -2.13. The van der Waals surface area contributed by atoms with Gasteiger partial charge in [-0.15, -0.1) is 11.3 Å². The van der Waals surface area contributed by atoms with Crippen LogP contribution >= 0.6 is 22.9 Å². The molecule has 27 heavy (non-hydrogen) atoms. The first-order chi connectivity index (χ1) is 12.8. The van der Waals surface area contributed by atoms with E-state index in [4.69, 9.17) is 21.1 Å². The van der Waals surface area contributed by atoms with E-state index in [0.717, 1.165) is 11.3 Å². The van der Waals surface area contributed by atoms with Crippen molar-refractivity contribution < 1.29 is 23.9 Å². The van der Waals surface area contributed by atoms with Crippen molar-refractivity contribution >= 4 is 45.8 Å². The van der Waals surface area contributed by atoms with Gasteiger partial charge in [-0.3, -0.25) is 9.48 Å². The molecule has 0 saturated heterocycles. The molecule has 1 amide bonds. The van der Waals surface area contributed by atoms with E-state index in [0.29, 0.717) is 17.0 Å². The molecule has 8 nitrogen and oxygen atoms in total. The van der Waals surface area contributed by atoms with Crippen LogP contribution in [0.1, 0.15) is 51.9 Å². The van der Waals surface area contributed by atoms with Crippen LogP contribution in [0.3, 0.4) is 0 Å². The normalized spacial score (nSPS) is 11.7. The topological polar surface area (TPSA) is 99.5 Å². The fourth-order valence-electron chi connectivity index (χ4n) is 2.26. The van der Waals surface area contributed by atoms with Crippen molar-refractivity contribution in [3.63, 3.8) is 0 Å². The molecule has 10 heteroatoms. The van der Waals surface area contributed by atoms with Crippen molar-refractivity contribution in [3.8, 4) is 0 Å².